The molecule has 3 amide bonds. The van der Waals surface area contributed by atoms with Crippen LogP contribution in [0.4, 0.5) is 16.2 Å². The van der Waals surface area contributed by atoms with Gasteiger partial charge in [0.1, 0.15) is 0 Å². The topological polar surface area (TPSA) is 52.7 Å². The molecule has 0 bridgehead atoms. The van der Waals surface area contributed by atoms with Gasteiger partial charge in [-0.1, -0.05) is 72.6 Å². The van der Waals surface area contributed by atoms with Gasteiger partial charge in [0, 0.05) is 31.0 Å². The van der Waals surface area contributed by atoms with Crippen LogP contribution in [0, 0.1) is 0 Å². The highest BCUT2D eigenvalue weighted by molar-refractivity contribution is 6.42. The quantitative estimate of drug-likeness (QED) is 0.385. The SMILES string of the molecule is CC[C@@H](C(=O)Nc1cccc(N2CCCN(Cc3ccc(Cl)c(Cl)c3)C2=O)c1)c1ccccc1. The summed E-state index contributed by atoms with van der Waals surface area (Å²) in [7, 11) is 0. The van der Waals surface area contributed by atoms with Gasteiger partial charge >= 0.3 is 6.03 Å². The molecule has 1 N–H and O–H groups in total. The third-order valence-electron chi connectivity index (χ3n) is 6.02. The minimum atomic E-state index is -0.233. The highest BCUT2D eigenvalue weighted by atomic mass is 35.5. The van der Waals surface area contributed by atoms with Gasteiger partial charge in [0.2, 0.25) is 5.91 Å². The Hall–Kier alpha value is -3.02. The van der Waals surface area contributed by atoms with Crippen molar-refractivity contribution < 1.29 is 9.59 Å². The fraction of sp³-hybridized carbons (Fsp3) is 0.259. The molecule has 1 fully saturated rings. The second kappa shape index (κ2) is 10.9. The first-order valence-electron chi connectivity index (χ1n) is 11.4. The first-order chi connectivity index (χ1) is 16.5. The standard InChI is InChI=1S/C27H27Cl2N3O2/c1-2-23(20-8-4-3-5-9-20)26(33)30-21-10-6-11-22(17-21)32-15-7-14-31(27(32)34)18-19-12-13-24(28)25(29)16-19/h3-6,8-13,16-17,23H,2,7,14-15,18H2,1H3,(H,30,33)/t23-/m1/s1. The summed E-state index contributed by atoms with van der Waals surface area (Å²) in [6, 6.07) is 22.6. The first kappa shape index (κ1) is 24.1. The van der Waals surface area contributed by atoms with Crippen LogP contribution in [0.25, 0.3) is 0 Å². The molecular weight excluding hydrogens is 469 g/mol. The van der Waals surface area contributed by atoms with Crippen LogP contribution in [0.1, 0.15) is 36.8 Å². The van der Waals surface area contributed by atoms with E-state index >= 15 is 0 Å². The summed E-state index contributed by atoms with van der Waals surface area (Å²) in [5.41, 5.74) is 3.35. The molecule has 1 aliphatic rings. The van der Waals surface area contributed by atoms with Crippen LogP contribution in [-0.4, -0.2) is 29.9 Å². The zero-order valence-corrected chi connectivity index (χ0v) is 20.5. The lowest BCUT2D eigenvalue weighted by Gasteiger charge is -2.36. The van der Waals surface area contributed by atoms with E-state index in [1.54, 1.807) is 21.9 Å². The lowest BCUT2D eigenvalue weighted by Crippen LogP contribution is -2.49. The van der Waals surface area contributed by atoms with E-state index in [1.807, 2.05) is 67.6 Å². The Morgan fingerprint density at radius 3 is 2.50 bits per heavy atom. The highest BCUT2D eigenvalue weighted by Crippen LogP contribution is 2.28. The minimum Gasteiger partial charge on any atom is -0.325 e. The van der Waals surface area contributed by atoms with Crippen LogP contribution in [-0.2, 0) is 11.3 Å². The molecule has 7 heteroatoms. The molecule has 3 aromatic carbocycles. The molecule has 176 valence electrons. The van der Waals surface area contributed by atoms with Crippen LogP contribution >= 0.6 is 23.2 Å². The van der Waals surface area contributed by atoms with Gasteiger partial charge in [-0.3, -0.25) is 9.69 Å². The number of urea groups is 1. The van der Waals surface area contributed by atoms with Crippen molar-refractivity contribution in [2.45, 2.75) is 32.2 Å². The molecule has 0 saturated carbocycles. The fourth-order valence-corrected chi connectivity index (χ4v) is 4.59. The van der Waals surface area contributed by atoms with Gasteiger partial charge in [0.15, 0.2) is 0 Å². The van der Waals surface area contributed by atoms with Crippen LogP contribution < -0.4 is 10.2 Å². The summed E-state index contributed by atoms with van der Waals surface area (Å²) in [6.07, 6.45) is 1.54. The lowest BCUT2D eigenvalue weighted by atomic mass is 9.95. The van der Waals surface area contributed by atoms with Crippen LogP contribution in [0.2, 0.25) is 10.0 Å². The molecule has 0 spiro atoms. The number of nitrogens with zero attached hydrogens (tertiary/aromatic N) is 2. The van der Waals surface area contributed by atoms with Crippen LogP contribution in [0.5, 0.6) is 0 Å². The summed E-state index contributed by atoms with van der Waals surface area (Å²) >= 11 is 12.2. The lowest BCUT2D eigenvalue weighted by molar-refractivity contribution is -0.117. The van der Waals surface area contributed by atoms with Crippen molar-refractivity contribution in [3.8, 4) is 0 Å². The molecule has 1 heterocycles. The first-order valence-corrected chi connectivity index (χ1v) is 12.2. The average Bonchev–Trinajstić information content (AvgIpc) is 2.84. The maximum Gasteiger partial charge on any atom is 0.324 e. The molecule has 3 aromatic rings. The molecule has 5 nitrogen and oxygen atoms in total. The Bertz CT molecular complexity index is 1170. The van der Waals surface area contributed by atoms with Crippen LogP contribution in [0.3, 0.4) is 0 Å². The van der Waals surface area contributed by atoms with Crippen LogP contribution in [0.15, 0.2) is 72.8 Å². The second-order valence-electron chi connectivity index (χ2n) is 8.37. The number of hydrogen-bond acceptors (Lipinski definition) is 2. The zero-order valence-electron chi connectivity index (χ0n) is 19.0. The van der Waals surface area contributed by atoms with Crippen molar-refractivity contribution >= 4 is 46.5 Å². The molecule has 34 heavy (non-hydrogen) atoms. The van der Waals surface area contributed by atoms with Crippen molar-refractivity contribution in [1.82, 2.24) is 4.90 Å². The Morgan fingerprint density at radius 2 is 1.76 bits per heavy atom. The summed E-state index contributed by atoms with van der Waals surface area (Å²) in [5.74, 6) is -0.291. The predicted molar refractivity (Wildman–Crippen MR) is 139 cm³/mol. The number of hydrogen-bond donors (Lipinski definition) is 1. The molecule has 0 radical (unpaired) electrons. The van der Waals surface area contributed by atoms with Gasteiger partial charge in [-0.2, -0.15) is 0 Å². The third-order valence-corrected chi connectivity index (χ3v) is 6.76. The number of amides is 3. The van der Waals surface area contributed by atoms with Gasteiger partial charge in [-0.15, -0.1) is 0 Å². The Balaban J connectivity index is 1.47. The number of carbonyl (C=O) groups excluding carboxylic acids is 2. The molecule has 1 aliphatic heterocycles. The number of benzene rings is 3. The number of anilines is 2. The van der Waals surface area contributed by atoms with Gasteiger partial charge in [-0.05, 0) is 54.3 Å². The molecule has 4 rings (SSSR count). The van der Waals surface area contributed by atoms with E-state index in [2.05, 4.69) is 5.32 Å². The average molecular weight is 496 g/mol. The number of carbonyl (C=O) groups is 2. The van der Waals surface area contributed by atoms with Crippen molar-refractivity contribution in [2.75, 3.05) is 23.3 Å². The van der Waals surface area contributed by atoms with Crippen molar-refractivity contribution in [3.63, 3.8) is 0 Å². The van der Waals surface area contributed by atoms with Crippen molar-refractivity contribution in [3.05, 3.63) is 94.0 Å². The summed E-state index contributed by atoms with van der Waals surface area (Å²) in [6.45, 7) is 3.75. The maximum atomic E-state index is 13.3. The molecule has 0 aliphatic carbocycles. The zero-order chi connectivity index (χ0) is 24.1. The Labute approximate surface area is 210 Å². The number of nitrogens with one attached hydrogen (secondary N) is 1. The number of halogens is 2. The molecule has 1 atom stereocenters. The molecule has 0 unspecified atom stereocenters. The third kappa shape index (κ3) is 5.54. The Morgan fingerprint density at radius 1 is 0.971 bits per heavy atom. The van der Waals surface area contributed by atoms with Crippen molar-refractivity contribution in [2.24, 2.45) is 0 Å². The van der Waals surface area contributed by atoms with Gasteiger partial charge in [0.25, 0.3) is 0 Å². The predicted octanol–water partition coefficient (Wildman–Crippen LogP) is 6.96. The summed E-state index contributed by atoms with van der Waals surface area (Å²) in [5, 5.41) is 4.00. The van der Waals surface area contributed by atoms with E-state index in [-0.39, 0.29) is 17.9 Å². The smallest absolute Gasteiger partial charge is 0.324 e. The maximum absolute atomic E-state index is 13.3. The van der Waals surface area contributed by atoms with E-state index in [0.29, 0.717) is 41.8 Å². The Kier molecular flexibility index (Phi) is 7.76. The molecule has 1 saturated heterocycles. The molecular formula is C27H27Cl2N3O2. The van der Waals surface area contributed by atoms with E-state index < -0.39 is 0 Å². The molecule has 0 aromatic heterocycles. The van der Waals surface area contributed by atoms with E-state index in [0.717, 1.165) is 23.2 Å². The monoisotopic (exact) mass is 495 g/mol. The number of rotatable bonds is 7. The largest absolute Gasteiger partial charge is 0.325 e. The van der Waals surface area contributed by atoms with Gasteiger partial charge in [0.05, 0.1) is 16.0 Å². The van der Waals surface area contributed by atoms with Gasteiger partial charge < -0.3 is 10.2 Å². The van der Waals surface area contributed by atoms with E-state index in [9.17, 15) is 9.59 Å². The fourth-order valence-electron chi connectivity index (χ4n) is 4.27. The van der Waals surface area contributed by atoms with E-state index in [1.165, 1.54) is 0 Å². The van der Waals surface area contributed by atoms with Gasteiger partial charge in [-0.25, -0.2) is 4.79 Å². The minimum absolute atomic E-state index is 0.0583. The second-order valence-corrected chi connectivity index (χ2v) is 9.18. The highest BCUT2D eigenvalue weighted by Gasteiger charge is 2.27. The van der Waals surface area contributed by atoms with Crippen molar-refractivity contribution in [1.29, 1.82) is 0 Å². The normalized spacial score (nSPS) is 14.7. The van der Waals surface area contributed by atoms with E-state index in [4.69, 9.17) is 23.2 Å². The summed E-state index contributed by atoms with van der Waals surface area (Å²) < 4.78 is 0. The summed E-state index contributed by atoms with van der Waals surface area (Å²) in [4.78, 5) is 29.8.